The molecule has 4 rings (SSSR count). The van der Waals surface area contributed by atoms with E-state index in [1.54, 1.807) is 25.1 Å². The molecule has 0 unspecified atom stereocenters. The standard InChI is InChI=1S/C20H16F2N2O5/c1-20(8-11-2-5-16-17(6-11)29-10-28-16)18(26)24(19(27)23-20)9-15(25)12-3-4-13(21)14(22)7-12/h2-7H,8-10H2,1H3,(H,23,27)/t20-/m0/s1. The van der Waals surface area contributed by atoms with Crippen molar-refractivity contribution in [1.82, 2.24) is 10.2 Å². The number of Topliss-reactive ketones (excluding diaryl/α,β-unsaturated/α-hetero) is 1. The third-order valence-corrected chi connectivity index (χ3v) is 4.88. The van der Waals surface area contributed by atoms with Crippen molar-refractivity contribution in [2.45, 2.75) is 18.9 Å². The van der Waals surface area contributed by atoms with Crippen LogP contribution in [0.15, 0.2) is 36.4 Å². The van der Waals surface area contributed by atoms with Gasteiger partial charge in [0, 0.05) is 12.0 Å². The highest BCUT2D eigenvalue weighted by atomic mass is 19.2. The quantitative estimate of drug-likeness (QED) is 0.613. The molecule has 2 heterocycles. The molecule has 3 amide bonds. The number of benzene rings is 2. The fourth-order valence-corrected chi connectivity index (χ4v) is 3.37. The van der Waals surface area contributed by atoms with E-state index in [0.717, 1.165) is 28.7 Å². The third kappa shape index (κ3) is 3.39. The minimum Gasteiger partial charge on any atom is -0.454 e. The predicted octanol–water partition coefficient (Wildman–Crippen LogP) is 2.43. The Labute approximate surface area is 164 Å². The maximum atomic E-state index is 13.4. The van der Waals surface area contributed by atoms with Crippen LogP contribution >= 0.6 is 0 Å². The largest absolute Gasteiger partial charge is 0.454 e. The summed E-state index contributed by atoms with van der Waals surface area (Å²) >= 11 is 0. The molecule has 1 fully saturated rings. The van der Waals surface area contributed by atoms with Gasteiger partial charge in [-0.05, 0) is 42.8 Å². The maximum Gasteiger partial charge on any atom is 0.325 e. The van der Waals surface area contributed by atoms with Gasteiger partial charge in [0.25, 0.3) is 5.91 Å². The molecule has 2 aromatic rings. The number of amides is 3. The van der Waals surface area contributed by atoms with E-state index < -0.39 is 41.4 Å². The van der Waals surface area contributed by atoms with Gasteiger partial charge in [-0.2, -0.15) is 0 Å². The Kier molecular flexibility index (Phi) is 4.45. The summed E-state index contributed by atoms with van der Waals surface area (Å²) in [5.41, 5.74) is -0.660. The molecule has 9 heteroatoms. The van der Waals surface area contributed by atoms with Gasteiger partial charge in [-0.15, -0.1) is 0 Å². The van der Waals surface area contributed by atoms with Crippen molar-refractivity contribution in [2.75, 3.05) is 13.3 Å². The van der Waals surface area contributed by atoms with Crippen LogP contribution in [0.3, 0.4) is 0 Å². The lowest BCUT2D eigenvalue weighted by Gasteiger charge is -2.21. The fraction of sp³-hybridized carbons (Fsp3) is 0.250. The highest BCUT2D eigenvalue weighted by Crippen LogP contribution is 2.34. The molecule has 2 aliphatic rings. The van der Waals surface area contributed by atoms with Crippen molar-refractivity contribution >= 4 is 17.7 Å². The number of ether oxygens (including phenoxy) is 2. The van der Waals surface area contributed by atoms with Gasteiger partial charge in [0.05, 0.1) is 6.54 Å². The second-order valence-corrected chi connectivity index (χ2v) is 7.07. The molecule has 1 saturated heterocycles. The second-order valence-electron chi connectivity index (χ2n) is 7.07. The Morgan fingerprint density at radius 3 is 2.62 bits per heavy atom. The van der Waals surface area contributed by atoms with E-state index in [4.69, 9.17) is 9.47 Å². The van der Waals surface area contributed by atoms with Crippen molar-refractivity contribution in [2.24, 2.45) is 0 Å². The number of ketones is 1. The molecular formula is C20H16F2N2O5. The van der Waals surface area contributed by atoms with E-state index in [-0.39, 0.29) is 18.8 Å². The number of halogens is 2. The van der Waals surface area contributed by atoms with Crippen LogP contribution in [-0.2, 0) is 11.2 Å². The Morgan fingerprint density at radius 1 is 1.10 bits per heavy atom. The number of carbonyl (C=O) groups excluding carboxylic acids is 3. The number of fused-ring (bicyclic) bond motifs is 1. The van der Waals surface area contributed by atoms with E-state index in [0.29, 0.717) is 11.5 Å². The summed E-state index contributed by atoms with van der Waals surface area (Å²) < 4.78 is 37.0. The molecule has 2 aliphatic heterocycles. The van der Waals surface area contributed by atoms with Crippen LogP contribution < -0.4 is 14.8 Å². The first-order valence-electron chi connectivity index (χ1n) is 8.78. The number of nitrogens with one attached hydrogen (secondary N) is 1. The van der Waals surface area contributed by atoms with Crippen molar-refractivity contribution in [1.29, 1.82) is 0 Å². The fourth-order valence-electron chi connectivity index (χ4n) is 3.37. The molecule has 0 radical (unpaired) electrons. The van der Waals surface area contributed by atoms with Crippen LogP contribution in [-0.4, -0.2) is 41.5 Å². The average molecular weight is 402 g/mol. The summed E-state index contributed by atoms with van der Waals surface area (Å²) in [7, 11) is 0. The minimum absolute atomic E-state index is 0.117. The predicted molar refractivity (Wildman–Crippen MR) is 95.6 cm³/mol. The van der Waals surface area contributed by atoms with Crippen LogP contribution in [0.5, 0.6) is 11.5 Å². The zero-order valence-corrected chi connectivity index (χ0v) is 15.3. The minimum atomic E-state index is -1.26. The highest BCUT2D eigenvalue weighted by molar-refractivity contribution is 6.11. The summed E-state index contributed by atoms with van der Waals surface area (Å²) in [6, 6.07) is 7.13. The Hall–Kier alpha value is -3.49. The zero-order chi connectivity index (χ0) is 20.8. The summed E-state index contributed by atoms with van der Waals surface area (Å²) in [5, 5.41) is 2.60. The van der Waals surface area contributed by atoms with Crippen molar-refractivity contribution in [3.8, 4) is 11.5 Å². The van der Waals surface area contributed by atoms with E-state index in [9.17, 15) is 23.2 Å². The van der Waals surface area contributed by atoms with Gasteiger partial charge in [-0.3, -0.25) is 14.5 Å². The average Bonchev–Trinajstić information content (AvgIpc) is 3.22. The molecule has 2 aromatic carbocycles. The first-order chi connectivity index (χ1) is 13.8. The summed E-state index contributed by atoms with van der Waals surface area (Å²) in [5.74, 6) is -2.39. The van der Waals surface area contributed by atoms with Gasteiger partial charge in [0.1, 0.15) is 5.54 Å². The number of hydrogen-bond acceptors (Lipinski definition) is 5. The summed E-state index contributed by atoms with van der Waals surface area (Å²) in [4.78, 5) is 38.3. The topological polar surface area (TPSA) is 84.9 Å². The maximum absolute atomic E-state index is 13.4. The number of rotatable bonds is 5. The zero-order valence-electron chi connectivity index (χ0n) is 15.3. The molecular weight excluding hydrogens is 386 g/mol. The molecule has 0 bridgehead atoms. The molecule has 1 atom stereocenters. The SMILES string of the molecule is C[C@@]1(Cc2ccc3c(c2)OCO3)NC(=O)N(CC(=O)c2ccc(F)c(F)c2)C1=O. The van der Waals surface area contributed by atoms with Crippen LogP contribution in [0.4, 0.5) is 13.6 Å². The Morgan fingerprint density at radius 2 is 1.86 bits per heavy atom. The van der Waals surface area contributed by atoms with Crippen molar-refractivity contribution < 1.29 is 32.6 Å². The Balaban J connectivity index is 1.50. The number of urea groups is 1. The molecule has 1 N–H and O–H groups in total. The lowest BCUT2D eigenvalue weighted by molar-refractivity contribution is -0.130. The van der Waals surface area contributed by atoms with Gasteiger partial charge in [-0.25, -0.2) is 13.6 Å². The molecule has 29 heavy (non-hydrogen) atoms. The first kappa shape index (κ1) is 18.9. The molecule has 0 saturated carbocycles. The van der Waals surface area contributed by atoms with E-state index in [1.807, 2.05) is 0 Å². The summed E-state index contributed by atoms with van der Waals surface area (Å²) in [6.07, 6.45) is 0.171. The Bertz CT molecular complexity index is 1040. The van der Waals surface area contributed by atoms with Gasteiger partial charge < -0.3 is 14.8 Å². The monoisotopic (exact) mass is 402 g/mol. The van der Waals surface area contributed by atoms with Crippen molar-refractivity contribution in [3.05, 3.63) is 59.2 Å². The summed E-state index contributed by atoms with van der Waals surface area (Å²) in [6.45, 7) is 1.10. The van der Waals surface area contributed by atoms with Crippen LogP contribution in [0.2, 0.25) is 0 Å². The lowest BCUT2D eigenvalue weighted by atomic mass is 9.92. The van der Waals surface area contributed by atoms with Crippen LogP contribution in [0.1, 0.15) is 22.8 Å². The number of nitrogens with zero attached hydrogens (tertiary/aromatic N) is 1. The van der Waals surface area contributed by atoms with Gasteiger partial charge >= 0.3 is 6.03 Å². The molecule has 0 aromatic heterocycles. The van der Waals surface area contributed by atoms with E-state index >= 15 is 0 Å². The van der Waals surface area contributed by atoms with Gasteiger partial charge in [0.15, 0.2) is 28.9 Å². The van der Waals surface area contributed by atoms with Crippen LogP contribution in [0.25, 0.3) is 0 Å². The third-order valence-electron chi connectivity index (χ3n) is 4.88. The van der Waals surface area contributed by atoms with Crippen molar-refractivity contribution in [3.63, 3.8) is 0 Å². The number of imide groups is 1. The van der Waals surface area contributed by atoms with Gasteiger partial charge in [0.2, 0.25) is 6.79 Å². The first-order valence-corrected chi connectivity index (χ1v) is 8.78. The molecule has 7 nitrogen and oxygen atoms in total. The van der Waals surface area contributed by atoms with Gasteiger partial charge in [-0.1, -0.05) is 6.07 Å². The van der Waals surface area contributed by atoms with Crippen LogP contribution in [0, 0.1) is 11.6 Å². The smallest absolute Gasteiger partial charge is 0.325 e. The highest BCUT2D eigenvalue weighted by Gasteiger charge is 2.48. The molecule has 150 valence electrons. The normalized spacial score (nSPS) is 20.2. The van der Waals surface area contributed by atoms with E-state index in [2.05, 4.69) is 5.32 Å². The second kappa shape index (κ2) is 6.84. The molecule has 0 aliphatic carbocycles. The lowest BCUT2D eigenvalue weighted by Crippen LogP contribution is -2.46. The molecule has 0 spiro atoms. The number of hydrogen-bond donors (Lipinski definition) is 1. The number of carbonyl (C=O) groups is 3. The van der Waals surface area contributed by atoms with E-state index in [1.165, 1.54) is 0 Å².